The minimum atomic E-state index is 0.835. The highest BCUT2D eigenvalue weighted by Gasteiger charge is 2.04. The zero-order chi connectivity index (χ0) is 12.5. The molecule has 0 aliphatic carbocycles. The van der Waals surface area contributed by atoms with E-state index in [0.717, 1.165) is 31.9 Å². The smallest absolute Gasteiger partial charge is 0.193 e. The molecule has 0 bridgehead atoms. The fourth-order valence-electron chi connectivity index (χ4n) is 1.54. The Hall–Kier alpha value is -1.29. The van der Waals surface area contributed by atoms with Crippen LogP contribution in [0.4, 0.5) is 0 Å². The van der Waals surface area contributed by atoms with Crippen molar-refractivity contribution in [1.82, 2.24) is 10.2 Å². The van der Waals surface area contributed by atoms with E-state index >= 15 is 0 Å². The van der Waals surface area contributed by atoms with Gasteiger partial charge in [0.05, 0.1) is 0 Å². The van der Waals surface area contributed by atoms with Gasteiger partial charge in [-0.2, -0.15) is 11.3 Å². The highest BCUT2D eigenvalue weighted by atomic mass is 32.1. The van der Waals surface area contributed by atoms with Crippen LogP contribution in [0.3, 0.4) is 0 Å². The third-order valence-electron chi connectivity index (χ3n) is 2.51. The molecule has 1 heterocycles. The van der Waals surface area contributed by atoms with Crippen LogP contribution in [0.15, 0.2) is 34.5 Å². The summed E-state index contributed by atoms with van der Waals surface area (Å²) in [7, 11) is 3.88. The van der Waals surface area contributed by atoms with Gasteiger partial charge in [0.25, 0.3) is 0 Å². The van der Waals surface area contributed by atoms with E-state index in [9.17, 15) is 0 Å². The number of unbranched alkanes of at least 4 members (excludes halogenated alkanes) is 1. The van der Waals surface area contributed by atoms with Crippen molar-refractivity contribution in [3.63, 3.8) is 0 Å². The number of aliphatic imine (C=N–C) groups is 1. The molecule has 1 rings (SSSR count). The average Bonchev–Trinajstić information content (AvgIpc) is 2.83. The second kappa shape index (κ2) is 7.90. The van der Waals surface area contributed by atoms with Crippen LogP contribution in [0.1, 0.15) is 18.4 Å². The van der Waals surface area contributed by atoms with Crippen LogP contribution in [0, 0.1) is 0 Å². The third-order valence-corrected chi connectivity index (χ3v) is 3.24. The molecule has 0 unspecified atom stereocenters. The third kappa shape index (κ3) is 5.04. The SMILES string of the molecule is C=CCCCN(C)C(=NC)NCc1ccsc1. The molecule has 0 saturated carbocycles. The fraction of sp³-hybridized carbons (Fsp3) is 0.462. The van der Waals surface area contributed by atoms with Crippen LogP contribution in [0.2, 0.25) is 0 Å². The molecule has 1 N–H and O–H groups in total. The van der Waals surface area contributed by atoms with Crippen LogP contribution in [0.5, 0.6) is 0 Å². The molecule has 1 aromatic heterocycles. The first-order valence-corrected chi connectivity index (χ1v) is 6.76. The molecule has 4 heteroatoms. The second-order valence-corrected chi connectivity index (χ2v) is 4.66. The lowest BCUT2D eigenvalue weighted by Crippen LogP contribution is -2.38. The molecule has 0 saturated heterocycles. The van der Waals surface area contributed by atoms with E-state index in [-0.39, 0.29) is 0 Å². The van der Waals surface area contributed by atoms with Crippen molar-refractivity contribution in [2.75, 3.05) is 20.6 Å². The molecule has 1 aromatic rings. The van der Waals surface area contributed by atoms with Gasteiger partial charge in [-0.3, -0.25) is 4.99 Å². The Morgan fingerprint density at radius 2 is 2.47 bits per heavy atom. The fourth-order valence-corrected chi connectivity index (χ4v) is 2.21. The maximum atomic E-state index is 4.28. The average molecular weight is 251 g/mol. The Balaban J connectivity index is 2.34. The van der Waals surface area contributed by atoms with Gasteiger partial charge in [-0.05, 0) is 35.2 Å². The van der Waals surface area contributed by atoms with E-state index in [1.165, 1.54) is 5.56 Å². The van der Waals surface area contributed by atoms with Gasteiger partial charge in [0.2, 0.25) is 0 Å². The van der Waals surface area contributed by atoms with Crippen molar-refractivity contribution >= 4 is 17.3 Å². The van der Waals surface area contributed by atoms with Crippen LogP contribution in [-0.4, -0.2) is 31.5 Å². The summed E-state index contributed by atoms with van der Waals surface area (Å²) in [6.07, 6.45) is 4.11. The first kappa shape index (κ1) is 13.8. The largest absolute Gasteiger partial charge is 0.352 e. The van der Waals surface area contributed by atoms with Crippen LogP contribution < -0.4 is 5.32 Å². The number of hydrogen-bond donors (Lipinski definition) is 1. The minimum Gasteiger partial charge on any atom is -0.352 e. The zero-order valence-electron chi connectivity index (χ0n) is 10.6. The summed E-state index contributed by atoms with van der Waals surface area (Å²) in [4.78, 5) is 6.42. The van der Waals surface area contributed by atoms with Crippen molar-refractivity contribution in [2.45, 2.75) is 19.4 Å². The molecule has 17 heavy (non-hydrogen) atoms. The quantitative estimate of drug-likeness (QED) is 0.364. The Morgan fingerprint density at radius 3 is 3.06 bits per heavy atom. The van der Waals surface area contributed by atoms with Gasteiger partial charge in [-0.25, -0.2) is 0 Å². The van der Waals surface area contributed by atoms with Crippen molar-refractivity contribution < 1.29 is 0 Å². The highest BCUT2D eigenvalue weighted by Crippen LogP contribution is 2.05. The van der Waals surface area contributed by atoms with Crippen LogP contribution in [-0.2, 0) is 6.54 Å². The minimum absolute atomic E-state index is 0.835. The Labute approximate surface area is 108 Å². The molecule has 0 aliphatic heterocycles. The summed E-state index contributed by atoms with van der Waals surface area (Å²) in [6, 6.07) is 2.13. The van der Waals surface area contributed by atoms with Gasteiger partial charge in [0.1, 0.15) is 0 Å². The molecular weight excluding hydrogens is 230 g/mol. The van der Waals surface area contributed by atoms with Gasteiger partial charge in [0.15, 0.2) is 5.96 Å². The van der Waals surface area contributed by atoms with Gasteiger partial charge in [-0.1, -0.05) is 6.08 Å². The lowest BCUT2D eigenvalue weighted by molar-refractivity contribution is 0.470. The molecule has 0 fully saturated rings. The van der Waals surface area contributed by atoms with Gasteiger partial charge in [-0.15, -0.1) is 6.58 Å². The molecule has 0 aromatic carbocycles. The number of hydrogen-bond acceptors (Lipinski definition) is 2. The summed E-state index contributed by atoms with van der Waals surface area (Å²) >= 11 is 1.72. The van der Waals surface area contributed by atoms with Gasteiger partial charge in [0, 0.05) is 27.2 Å². The predicted molar refractivity (Wildman–Crippen MR) is 76.6 cm³/mol. The molecule has 0 amide bonds. The molecule has 0 spiro atoms. The summed E-state index contributed by atoms with van der Waals surface area (Å²) in [6.45, 7) is 5.56. The zero-order valence-corrected chi connectivity index (χ0v) is 11.5. The summed E-state index contributed by atoms with van der Waals surface area (Å²) in [5.74, 6) is 0.945. The Kier molecular flexibility index (Phi) is 6.40. The Morgan fingerprint density at radius 1 is 1.65 bits per heavy atom. The van der Waals surface area contributed by atoms with Crippen molar-refractivity contribution in [3.05, 3.63) is 35.0 Å². The summed E-state index contributed by atoms with van der Waals surface area (Å²) in [5, 5.41) is 7.60. The molecule has 94 valence electrons. The summed E-state index contributed by atoms with van der Waals surface area (Å²) < 4.78 is 0. The lowest BCUT2D eigenvalue weighted by atomic mass is 10.3. The second-order valence-electron chi connectivity index (χ2n) is 3.88. The lowest BCUT2D eigenvalue weighted by Gasteiger charge is -2.21. The van der Waals surface area contributed by atoms with Gasteiger partial charge < -0.3 is 10.2 Å². The van der Waals surface area contributed by atoms with Crippen molar-refractivity contribution in [3.8, 4) is 0 Å². The summed E-state index contributed by atoms with van der Waals surface area (Å²) in [5.41, 5.74) is 1.30. The number of nitrogens with zero attached hydrogens (tertiary/aromatic N) is 2. The van der Waals surface area contributed by atoms with Gasteiger partial charge >= 0.3 is 0 Å². The predicted octanol–water partition coefficient (Wildman–Crippen LogP) is 2.72. The number of nitrogens with one attached hydrogen (secondary N) is 1. The van der Waals surface area contributed by atoms with E-state index in [1.807, 2.05) is 13.1 Å². The number of thiophene rings is 1. The maximum Gasteiger partial charge on any atom is 0.193 e. The number of allylic oxidation sites excluding steroid dienone is 1. The van der Waals surface area contributed by atoms with E-state index in [0.29, 0.717) is 0 Å². The van der Waals surface area contributed by atoms with E-state index < -0.39 is 0 Å². The highest BCUT2D eigenvalue weighted by molar-refractivity contribution is 7.07. The maximum absolute atomic E-state index is 4.28. The van der Waals surface area contributed by atoms with E-state index in [2.05, 4.69) is 45.7 Å². The van der Waals surface area contributed by atoms with E-state index in [4.69, 9.17) is 0 Å². The van der Waals surface area contributed by atoms with Crippen LogP contribution in [0.25, 0.3) is 0 Å². The first-order valence-electron chi connectivity index (χ1n) is 5.81. The molecule has 3 nitrogen and oxygen atoms in total. The van der Waals surface area contributed by atoms with Crippen molar-refractivity contribution in [2.24, 2.45) is 4.99 Å². The molecule has 0 aliphatic rings. The normalized spacial score (nSPS) is 11.3. The first-order chi connectivity index (χ1) is 8.27. The number of guanidine groups is 1. The number of rotatable bonds is 6. The Bertz CT molecular complexity index is 344. The molecular formula is C13H21N3S. The van der Waals surface area contributed by atoms with Crippen LogP contribution >= 0.6 is 11.3 Å². The van der Waals surface area contributed by atoms with Crippen molar-refractivity contribution in [1.29, 1.82) is 0 Å². The molecule has 0 atom stereocenters. The monoisotopic (exact) mass is 251 g/mol. The topological polar surface area (TPSA) is 27.6 Å². The molecule has 0 radical (unpaired) electrons. The van der Waals surface area contributed by atoms with E-state index in [1.54, 1.807) is 11.3 Å². The standard InChI is InChI=1S/C13H21N3S/c1-4-5-6-8-16(3)13(14-2)15-10-12-7-9-17-11-12/h4,7,9,11H,1,5-6,8,10H2,2-3H3,(H,14,15).